The molecule has 0 aromatic carbocycles. The second kappa shape index (κ2) is 4.26. The molecule has 0 unspecified atom stereocenters. The Balaban J connectivity index is 2.39. The summed E-state index contributed by atoms with van der Waals surface area (Å²) in [6.45, 7) is 6.43. The lowest BCUT2D eigenvalue weighted by Crippen LogP contribution is -2.41. The van der Waals surface area contributed by atoms with Crippen molar-refractivity contribution in [2.75, 3.05) is 26.3 Å². The van der Waals surface area contributed by atoms with Crippen LogP contribution in [-0.4, -0.2) is 37.1 Å². The quantitative estimate of drug-likeness (QED) is 0.572. The third-order valence-electron chi connectivity index (χ3n) is 1.80. The summed E-state index contributed by atoms with van der Waals surface area (Å²) >= 11 is 0. The standard InChI is InChI=1S/C9H15NO2/c1-8(2)3-4-10-5-6-12-7-9(10)11/h3H,4-7H2,1-2H3. The lowest BCUT2D eigenvalue weighted by Gasteiger charge is -2.25. The fourth-order valence-corrected chi connectivity index (χ4v) is 1.04. The van der Waals surface area contributed by atoms with Crippen LogP contribution in [0.3, 0.4) is 0 Å². The van der Waals surface area contributed by atoms with Crippen molar-refractivity contribution >= 4 is 5.91 Å². The molecule has 12 heavy (non-hydrogen) atoms. The van der Waals surface area contributed by atoms with Crippen LogP contribution in [0, 0.1) is 0 Å². The SMILES string of the molecule is CC(C)=CCN1CCOCC1=O. The average Bonchev–Trinajstić information content (AvgIpc) is 2.03. The Kier molecular flexibility index (Phi) is 3.29. The van der Waals surface area contributed by atoms with Crippen LogP contribution in [-0.2, 0) is 9.53 Å². The van der Waals surface area contributed by atoms with E-state index in [1.165, 1.54) is 5.57 Å². The van der Waals surface area contributed by atoms with E-state index in [-0.39, 0.29) is 12.5 Å². The highest BCUT2D eigenvalue weighted by molar-refractivity contribution is 5.78. The fraction of sp³-hybridized carbons (Fsp3) is 0.667. The first kappa shape index (κ1) is 9.26. The number of nitrogens with zero attached hydrogens (tertiary/aromatic N) is 1. The summed E-state index contributed by atoms with van der Waals surface area (Å²) in [5, 5.41) is 0. The Bertz CT molecular complexity index is 195. The molecule has 3 heteroatoms. The zero-order valence-corrected chi connectivity index (χ0v) is 7.67. The number of rotatable bonds is 2. The van der Waals surface area contributed by atoms with Crippen LogP contribution < -0.4 is 0 Å². The summed E-state index contributed by atoms with van der Waals surface area (Å²) in [6.07, 6.45) is 2.06. The van der Waals surface area contributed by atoms with E-state index in [0.717, 1.165) is 13.1 Å². The molecule has 1 rings (SSSR count). The van der Waals surface area contributed by atoms with Crippen molar-refractivity contribution in [3.63, 3.8) is 0 Å². The summed E-state index contributed by atoms with van der Waals surface area (Å²) in [7, 11) is 0. The Morgan fingerprint density at radius 2 is 2.42 bits per heavy atom. The predicted octanol–water partition coefficient (Wildman–Crippen LogP) is 0.811. The van der Waals surface area contributed by atoms with E-state index < -0.39 is 0 Å². The maximum absolute atomic E-state index is 11.2. The molecule has 0 saturated carbocycles. The maximum Gasteiger partial charge on any atom is 0.248 e. The molecule has 0 aliphatic carbocycles. The minimum absolute atomic E-state index is 0.0961. The summed E-state index contributed by atoms with van der Waals surface area (Å²) in [4.78, 5) is 13.0. The fourth-order valence-electron chi connectivity index (χ4n) is 1.04. The van der Waals surface area contributed by atoms with Crippen molar-refractivity contribution in [3.8, 4) is 0 Å². The zero-order chi connectivity index (χ0) is 8.97. The molecule has 0 spiro atoms. The van der Waals surface area contributed by atoms with Gasteiger partial charge in [0.05, 0.1) is 6.61 Å². The molecule has 0 N–H and O–H groups in total. The number of hydrogen-bond donors (Lipinski definition) is 0. The molecule has 1 amide bonds. The molecule has 0 aromatic rings. The van der Waals surface area contributed by atoms with Gasteiger partial charge in [0.15, 0.2) is 0 Å². The number of ether oxygens (including phenoxy) is 1. The van der Waals surface area contributed by atoms with E-state index in [2.05, 4.69) is 6.08 Å². The number of allylic oxidation sites excluding steroid dienone is 1. The van der Waals surface area contributed by atoms with Crippen LogP contribution in [0.15, 0.2) is 11.6 Å². The molecule has 1 saturated heterocycles. The van der Waals surface area contributed by atoms with Gasteiger partial charge in [-0.05, 0) is 13.8 Å². The van der Waals surface area contributed by atoms with Gasteiger partial charge < -0.3 is 9.64 Å². The molecular weight excluding hydrogens is 154 g/mol. The van der Waals surface area contributed by atoms with Gasteiger partial charge in [-0.15, -0.1) is 0 Å². The smallest absolute Gasteiger partial charge is 0.248 e. The first-order chi connectivity index (χ1) is 5.70. The molecular formula is C9H15NO2. The van der Waals surface area contributed by atoms with Crippen LogP contribution in [0.1, 0.15) is 13.8 Å². The van der Waals surface area contributed by atoms with Crippen molar-refractivity contribution < 1.29 is 9.53 Å². The molecule has 0 bridgehead atoms. The van der Waals surface area contributed by atoms with Crippen molar-refractivity contribution in [1.29, 1.82) is 0 Å². The van der Waals surface area contributed by atoms with Crippen LogP contribution in [0.5, 0.6) is 0 Å². The van der Waals surface area contributed by atoms with Gasteiger partial charge in [0.2, 0.25) is 5.91 Å². The Morgan fingerprint density at radius 3 is 3.00 bits per heavy atom. The third kappa shape index (κ3) is 2.66. The van der Waals surface area contributed by atoms with Crippen LogP contribution in [0.4, 0.5) is 0 Å². The van der Waals surface area contributed by atoms with Crippen LogP contribution in [0.25, 0.3) is 0 Å². The van der Waals surface area contributed by atoms with Gasteiger partial charge in [0.25, 0.3) is 0 Å². The monoisotopic (exact) mass is 169 g/mol. The van der Waals surface area contributed by atoms with E-state index in [9.17, 15) is 4.79 Å². The molecule has 0 radical (unpaired) electrons. The molecule has 0 atom stereocenters. The lowest BCUT2D eigenvalue weighted by atomic mass is 10.3. The van der Waals surface area contributed by atoms with E-state index in [0.29, 0.717) is 6.61 Å². The predicted molar refractivity (Wildman–Crippen MR) is 46.8 cm³/mol. The van der Waals surface area contributed by atoms with Crippen molar-refractivity contribution in [2.24, 2.45) is 0 Å². The summed E-state index contributed by atoms with van der Waals surface area (Å²) in [5.41, 5.74) is 1.24. The number of morpholine rings is 1. The van der Waals surface area contributed by atoms with E-state index in [4.69, 9.17) is 4.74 Å². The second-order valence-corrected chi connectivity index (χ2v) is 3.17. The van der Waals surface area contributed by atoms with Gasteiger partial charge in [0.1, 0.15) is 6.61 Å². The van der Waals surface area contributed by atoms with E-state index in [1.807, 2.05) is 18.7 Å². The highest BCUT2D eigenvalue weighted by Crippen LogP contribution is 1.99. The summed E-state index contributed by atoms with van der Waals surface area (Å²) < 4.78 is 5.01. The normalized spacial score (nSPS) is 17.8. The second-order valence-electron chi connectivity index (χ2n) is 3.17. The molecule has 1 heterocycles. The van der Waals surface area contributed by atoms with E-state index in [1.54, 1.807) is 0 Å². The zero-order valence-electron chi connectivity index (χ0n) is 7.67. The molecule has 68 valence electrons. The molecule has 1 aliphatic heterocycles. The van der Waals surface area contributed by atoms with Gasteiger partial charge in [-0.3, -0.25) is 4.79 Å². The van der Waals surface area contributed by atoms with Crippen molar-refractivity contribution in [1.82, 2.24) is 4.90 Å². The summed E-state index contributed by atoms with van der Waals surface area (Å²) in [5.74, 6) is 0.0961. The molecule has 1 fully saturated rings. The van der Waals surface area contributed by atoms with Crippen molar-refractivity contribution in [2.45, 2.75) is 13.8 Å². The van der Waals surface area contributed by atoms with E-state index >= 15 is 0 Å². The molecule has 1 aliphatic rings. The maximum atomic E-state index is 11.2. The minimum Gasteiger partial charge on any atom is -0.370 e. The lowest BCUT2D eigenvalue weighted by molar-refractivity contribution is -0.141. The summed E-state index contributed by atoms with van der Waals surface area (Å²) in [6, 6.07) is 0. The largest absolute Gasteiger partial charge is 0.370 e. The highest BCUT2D eigenvalue weighted by Gasteiger charge is 2.16. The van der Waals surface area contributed by atoms with Gasteiger partial charge in [-0.2, -0.15) is 0 Å². The van der Waals surface area contributed by atoms with Gasteiger partial charge in [-0.1, -0.05) is 11.6 Å². The van der Waals surface area contributed by atoms with Gasteiger partial charge in [0, 0.05) is 13.1 Å². The topological polar surface area (TPSA) is 29.5 Å². The van der Waals surface area contributed by atoms with Crippen molar-refractivity contribution in [3.05, 3.63) is 11.6 Å². The number of carbonyl (C=O) groups is 1. The third-order valence-corrected chi connectivity index (χ3v) is 1.80. The highest BCUT2D eigenvalue weighted by atomic mass is 16.5. The number of carbonyl (C=O) groups excluding carboxylic acids is 1. The number of amides is 1. The average molecular weight is 169 g/mol. The Labute approximate surface area is 73.0 Å². The molecule has 3 nitrogen and oxygen atoms in total. The van der Waals surface area contributed by atoms with Gasteiger partial charge in [-0.25, -0.2) is 0 Å². The van der Waals surface area contributed by atoms with Crippen LogP contribution >= 0.6 is 0 Å². The first-order valence-corrected chi connectivity index (χ1v) is 4.19. The Hall–Kier alpha value is -0.830. The van der Waals surface area contributed by atoms with Crippen LogP contribution in [0.2, 0.25) is 0 Å². The number of hydrogen-bond acceptors (Lipinski definition) is 2. The van der Waals surface area contributed by atoms with Gasteiger partial charge >= 0.3 is 0 Å². The first-order valence-electron chi connectivity index (χ1n) is 4.19. The molecule has 0 aromatic heterocycles. The minimum atomic E-state index is 0.0961. The Morgan fingerprint density at radius 1 is 1.67 bits per heavy atom.